The molecule has 0 heterocycles. The maximum Gasteiger partial charge on any atom is 0.408 e. The van der Waals surface area contributed by atoms with Gasteiger partial charge in [-0.2, -0.15) is 0 Å². The van der Waals surface area contributed by atoms with Gasteiger partial charge in [0.2, 0.25) is 11.8 Å². The van der Waals surface area contributed by atoms with E-state index in [1.165, 1.54) is 0 Å². The van der Waals surface area contributed by atoms with Gasteiger partial charge in [0.05, 0.1) is 0 Å². The molecule has 0 fully saturated rings. The lowest BCUT2D eigenvalue weighted by Crippen LogP contribution is -2.59. The number of hydrogen-bond acceptors (Lipinski definition) is 4. The summed E-state index contributed by atoms with van der Waals surface area (Å²) >= 11 is 0. The number of carbonyl (C=O) groups is 3. The first-order valence-electron chi connectivity index (χ1n) is 12.7. The smallest absolute Gasteiger partial charge is 0.408 e. The summed E-state index contributed by atoms with van der Waals surface area (Å²) in [5, 5.41) is 5.77. The van der Waals surface area contributed by atoms with E-state index in [-0.39, 0.29) is 17.9 Å². The van der Waals surface area contributed by atoms with E-state index in [9.17, 15) is 14.4 Å². The van der Waals surface area contributed by atoms with Gasteiger partial charge in [-0.3, -0.25) is 9.59 Å². The fourth-order valence-electron chi connectivity index (χ4n) is 3.88. The van der Waals surface area contributed by atoms with Crippen LogP contribution in [0, 0.1) is 13.8 Å². The summed E-state index contributed by atoms with van der Waals surface area (Å²) in [6, 6.07) is 4.10. The van der Waals surface area contributed by atoms with E-state index < -0.39 is 29.3 Å². The van der Waals surface area contributed by atoms with Crippen molar-refractivity contribution >= 4 is 17.9 Å². The van der Waals surface area contributed by atoms with Gasteiger partial charge in [-0.15, -0.1) is 0 Å². The highest BCUT2D eigenvalue weighted by Gasteiger charge is 2.42. The molecule has 35 heavy (non-hydrogen) atoms. The van der Waals surface area contributed by atoms with Gasteiger partial charge in [0.1, 0.15) is 17.7 Å². The van der Waals surface area contributed by atoms with Crippen molar-refractivity contribution in [2.45, 2.75) is 125 Å². The summed E-state index contributed by atoms with van der Waals surface area (Å²) in [7, 11) is 0. The zero-order valence-corrected chi connectivity index (χ0v) is 23.7. The number of nitrogens with one attached hydrogen (secondary N) is 2. The Bertz CT molecular complexity index is 889. The number of hydrogen-bond donors (Lipinski definition) is 2. The van der Waals surface area contributed by atoms with Crippen LogP contribution < -0.4 is 10.6 Å². The predicted molar refractivity (Wildman–Crippen MR) is 141 cm³/mol. The molecule has 1 aromatic rings. The van der Waals surface area contributed by atoms with Crippen molar-refractivity contribution in [1.82, 2.24) is 15.5 Å². The zero-order valence-electron chi connectivity index (χ0n) is 23.7. The van der Waals surface area contributed by atoms with Gasteiger partial charge in [-0.05, 0) is 91.8 Å². The van der Waals surface area contributed by atoms with E-state index in [0.717, 1.165) is 29.5 Å². The van der Waals surface area contributed by atoms with Crippen molar-refractivity contribution < 1.29 is 19.1 Å². The molecule has 198 valence electrons. The van der Waals surface area contributed by atoms with Gasteiger partial charge >= 0.3 is 6.09 Å². The zero-order chi connectivity index (χ0) is 27.1. The monoisotopic (exact) mass is 489 g/mol. The van der Waals surface area contributed by atoms with Crippen molar-refractivity contribution in [3.63, 3.8) is 0 Å². The first-order valence-corrected chi connectivity index (χ1v) is 12.7. The fourth-order valence-corrected chi connectivity index (χ4v) is 3.88. The highest BCUT2D eigenvalue weighted by atomic mass is 16.6. The number of carbonyl (C=O) groups excluding carboxylic acids is 3. The third-order valence-electron chi connectivity index (χ3n) is 6.32. The van der Waals surface area contributed by atoms with E-state index in [0.29, 0.717) is 6.42 Å². The molecule has 2 N–H and O–H groups in total. The molecule has 0 saturated heterocycles. The minimum atomic E-state index is -0.884. The van der Waals surface area contributed by atoms with Crippen LogP contribution in [0.4, 0.5) is 4.79 Å². The highest BCUT2D eigenvalue weighted by molar-refractivity contribution is 5.92. The van der Waals surface area contributed by atoms with Crippen LogP contribution in [0.3, 0.4) is 0 Å². The van der Waals surface area contributed by atoms with Crippen molar-refractivity contribution in [1.29, 1.82) is 0 Å². The predicted octanol–water partition coefficient (Wildman–Crippen LogP) is 5.58. The second kappa shape index (κ2) is 12.4. The molecule has 7 nitrogen and oxygen atoms in total. The Morgan fingerprint density at radius 3 is 2.06 bits per heavy atom. The summed E-state index contributed by atoms with van der Waals surface area (Å²) < 4.78 is 5.35. The molecule has 0 bridgehead atoms. The number of nitrogens with zero attached hydrogens (tertiary/aromatic N) is 1. The number of ether oxygens (including phenoxy) is 1. The molecule has 0 aliphatic heterocycles. The molecule has 0 spiro atoms. The Labute approximate surface area is 212 Å². The van der Waals surface area contributed by atoms with Gasteiger partial charge < -0.3 is 20.3 Å². The number of aryl methyl sites for hydroxylation is 2. The van der Waals surface area contributed by atoms with E-state index in [1.807, 2.05) is 59.7 Å². The van der Waals surface area contributed by atoms with E-state index in [1.54, 1.807) is 32.6 Å². The van der Waals surface area contributed by atoms with E-state index in [4.69, 9.17) is 4.74 Å². The van der Waals surface area contributed by atoms with Crippen LogP contribution in [0.1, 0.15) is 104 Å². The first-order chi connectivity index (χ1) is 16.0. The minimum Gasteiger partial charge on any atom is -0.444 e. The van der Waals surface area contributed by atoms with Crippen LogP contribution in [-0.2, 0) is 14.3 Å². The molecule has 1 rings (SSSR count). The number of benzene rings is 1. The molecule has 7 heteroatoms. The van der Waals surface area contributed by atoms with Crippen LogP contribution in [0.25, 0.3) is 0 Å². The Balaban J connectivity index is 3.52. The molecule has 0 aliphatic carbocycles. The molecule has 1 aromatic carbocycles. The molecule has 0 radical (unpaired) electrons. The second-order valence-corrected chi connectivity index (χ2v) is 11.2. The molecule has 3 amide bonds. The molecule has 3 unspecified atom stereocenters. The van der Waals surface area contributed by atoms with Gasteiger partial charge in [0, 0.05) is 11.6 Å². The summed E-state index contributed by atoms with van der Waals surface area (Å²) in [4.78, 5) is 41.7. The van der Waals surface area contributed by atoms with Crippen molar-refractivity contribution in [3.05, 3.63) is 34.9 Å². The molecular weight excluding hydrogens is 442 g/mol. The Hall–Kier alpha value is -2.57. The van der Waals surface area contributed by atoms with Crippen molar-refractivity contribution in [2.24, 2.45) is 0 Å². The fraction of sp³-hybridized carbons (Fsp3) is 0.679. The van der Waals surface area contributed by atoms with Gasteiger partial charge in [-0.1, -0.05) is 38.5 Å². The molecular formula is C28H47N3O4. The molecule has 0 saturated carbocycles. The Morgan fingerprint density at radius 2 is 1.57 bits per heavy atom. The van der Waals surface area contributed by atoms with Crippen LogP contribution in [0.2, 0.25) is 0 Å². The van der Waals surface area contributed by atoms with Crippen LogP contribution in [-0.4, -0.2) is 46.0 Å². The lowest BCUT2D eigenvalue weighted by Gasteiger charge is -2.44. The number of amides is 3. The average molecular weight is 490 g/mol. The average Bonchev–Trinajstić information content (AvgIpc) is 2.71. The largest absolute Gasteiger partial charge is 0.444 e. The van der Waals surface area contributed by atoms with Crippen molar-refractivity contribution in [2.75, 3.05) is 0 Å². The summed E-state index contributed by atoms with van der Waals surface area (Å²) in [6.45, 7) is 20.9. The first kappa shape index (κ1) is 30.5. The van der Waals surface area contributed by atoms with Crippen molar-refractivity contribution in [3.8, 4) is 0 Å². The Kier molecular flexibility index (Phi) is 10.8. The summed E-state index contributed by atoms with van der Waals surface area (Å²) in [5.74, 6) is -0.572. The van der Waals surface area contributed by atoms with Crippen LogP contribution in [0.15, 0.2) is 18.2 Å². The molecule has 3 atom stereocenters. The molecule has 0 aliphatic rings. The lowest BCUT2D eigenvalue weighted by atomic mass is 9.91. The maximum atomic E-state index is 13.9. The maximum absolute atomic E-state index is 13.9. The van der Waals surface area contributed by atoms with E-state index in [2.05, 4.69) is 17.6 Å². The normalized spacial score (nSPS) is 14.5. The number of rotatable bonds is 10. The minimum absolute atomic E-state index is 0.0273. The lowest BCUT2D eigenvalue weighted by molar-refractivity contribution is -0.149. The summed E-state index contributed by atoms with van der Waals surface area (Å²) in [5.41, 5.74) is 1.56. The van der Waals surface area contributed by atoms with E-state index >= 15 is 0 Å². The van der Waals surface area contributed by atoms with Gasteiger partial charge in [0.25, 0.3) is 0 Å². The SMILES string of the molecule is CCCC(C)NC(=O)C(c1ccc(C)c(C)c1)N(C(=O)C(C)NC(=O)OC(C)(C)C)C(C)(C)CC. The third-order valence-corrected chi connectivity index (χ3v) is 6.32. The van der Waals surface area contributed by atoms with Crippen LogP contribution in [0.5, 0.6) is 0 Å². The second-order valence-electron chi connectivity index (χ2n) is 11.2. The molecule has 0 aromatic heterocycles. The highest BCUT2D eigenvalue weighted by Crippen LogP contribution is 2.33. The quantitative estimate of drug-likeness (QED) is 0.449. The van der Waals surface area contributed by atoms with Crippen LogP contribution >= 0.6 is 0 Å². The number of alkyl carbamates (subject to hydrolysis) is 1. The van der Waals surface area contributed by atoms with Gasteiger partial charge in [-0.25, -0.2) is 4.79 Å². The summed E-state index contributed by atoms with van der Waals surface area (Å²) in [6.07, 6.45) is 1.73. The Morgan fingerprint density at radius 1 is 0.971 bits per heavy atom. The standard InChI is InChI=1S/C28H47N3O4/c1-12-14-20(5)29-24(32)23(22-16-15-18(3)19(4)17-22)31(28(10,11)13-2)25(33)21(6)30-26(34)35-27(7,8)9/h15-17,20-21,23H,12-14H2,1-11H3,(H,29,32)(H,30,34). The van der Waals surface area contributed by atoms with Gasteiger partial charge in [0.15, 0.2) is 0 Å². The third kappa shape index (κ3) is 8.86. The topological polar surface area (TPSA) is 87.7 Å².